The summed E-state index contributed by atoms with van der Waals surface area (Å²) in [6.45, 7) is 5.65. The number of H-pyrrole nitrogens is 2. The Morgan fingerprint density at radius 2 is 1.86 bits per heavy atom. The number of imidazole rings is 1. The van der Waals surface area contributed by atoms with Crippen LogP contribution in [-0.2, 0) is 4.79 Å². The van der Waals surface area contributed by atoms with Crippen molar-refractivity contribution in [2.45, 2.75) is 20.8 Å². The number of aromatic amines is 2. The first-order valence-electron chi connectivity index (χ1n) is 11.6. The maximum absolute atomic E-state index is 12.4. The van der Waals surface area contributed by atoms with E-state index in [1.54, 1.807) is 23.7 Å². The molecule has 36 heavy (non-hydrogen) atoms. The number of nitrogens with zero attached hydrogens (tertiary/aromatic N) is 3. The topological polar surface area (TPSA) is 99.3 Å². The molecular weight excluding hydrogens is 468 g/mol. The second-order valence-corrected chi connectivity index (χ2v) is 10.6. The number of hydrogen-bond acceptors (Lipinski definition) is 5. The van der Waals surface area contributed by atoms with Crippen LogP contribution in [0, 0.1) is 5.41 Å². The maximum Gasteiger partial charge on any atom is 0.229 e. The van der Waals surface area contributed by atoms with Crippen LogP contribution in [0.4, 0.5) is 5.69 Å². The first-order chi connectivity index (χ1) is 17.4. The number of carbonyl (C=O) groups excluding carboxylic acids is 1. The van der Waals surface area contributed by atoms with Crippen LogP contribution >= 0.6 is 11.3 Å². The zero-order chi connectivity index (χ0) is 24.9. The van der Waals surface area contributed by atoms with E-state index in [4.69, 9.17) is 4.98 Å². The van der Waals surface area contributed by atoms with Crippen LogP contribution in [0.25, 0.3) is 55.7 Å². The molecule has 1 amide bonds. The summed E-state index contributed by atoms with van der Waals surface area (Å²) >= 11 is 1.67. The summed E-state index contributed by atoms with van der Waals surface area (Å²) in [6.07, 6.45) is 3.45. The molecule has 0 atom stereocenters. The van der Waals surface area contributed by atoms with Crippen LogP contribution < -0.4 is 5.32 Å². The number of amides is 1. The van der Waals surface area contributed by atoms with Crippen molar-refractivity contribution in [1.82, 2.24) is 25.1 Å². The van der Waals surface area contributed by atoms with Crippen LogP contribution in [0.5, 0.6) is 0 Å². The van der Waals surface area contributed by atoms with Gasteiger partial charge in [0.25, 0.3) is 0 Å². The summed E-state index contributed by atoms with van der Waals surface area (Å²) < 4.78 is 0. The smallest absolute Gasteiger partial charge is 0.229 e. The molecule has 4 aromatic heterocycles. The van der Waals surface area contributed by atoms with Gasteiger partial charge in [-0.05, 0) is 52.2 Å². The fourth-order valence-corrected chi connectivity index (χ4v) is 4.81. The van der Waals surface area contributed by atoms with E-state index in [9.17, 15) is 4.79 Å². The summed E-state index contributed by atoms with van der Waals surface area (Å²) in [5.74, 6) is 0.654. The molecule has 0 radical (unpaired) electrons. The van der Waals surface area contributed by atoms with Crippen molar-refractivity contribution in [3.8, 4) is 33.8 Å². The normalized spacial score (nSPS) is 11.9. The Labute approximate surface area is 211 Å². The first kappa shape index (κ1) is 22.2. The Hall–Kier alpha value is -4.30. The van der Waals surface area contributed by atoms with Crippen LogP contribution in [-0.4, -0.2) is 31.1 Å². The molecule has 6 rings (SSSR count). The molecule has 0 bridgehead atoms. The number of anilines is 1. The Morgan fingerprint density at radius 1 is 0.972 bits per heavy atom. The van der Waals surface area contributed by atoms with E-state index in [1.165, 1.54) is 0 Å². The predicted molar refractivity (Wildman–Crippen MR) is 146 cm³/mol. The first-order valence-corrected chi connectivity index (χ1v) is 12.6. The predicted octanol–water partition coefficient (Wildman–Crippen LogP) is 6.88. The highest BCUT2D eigenvalue weighted by molar-refractivity contribution is 7.08. The Bertz CT molecular complexity index is 1720. The van der Waals surface area contributed by atoms with Gasteiger partial charge in [-0.3, -0.25) is 14.9 Å². The molecule has 2 aromatic carbocycles. The molecule has 0 saturated heterocycles. The molecule has 0 spiro atoms. The highest BCUT2D eigenvalue weighted by Crippen LogP contribution is 2.34. The zero-order valence-corrected chi connectivity index (χ0v) is 20.9. The number of thiophene rings is 1. The summed E-state index contributed by atoms with van der Waals surface area (Å²) in [7, 11) is 0. The van der Waals surface area contributed by atoms with Gasteiger partial charge in [0.15, 0.2) is 5.82 Å². The lowest BCUT2D eigenvalue weighted by Crippen LogP contribution is -2.27. The lowest BCUT2D eigenvalue weighted by atomic mass is 9.95. The average molecular weight is 493 g/mol. The van der Waals surface area contributed by atoms with Gasteiger partial charge in [0.05, 0.1) is 28.4 Å². The number of benzene rings is 2. The third kappa shape index (κ3) is 3.95. The van der Waals surface area contributed by atoms with E-state index in [1.807, 2.05) is 51.1 Å². The third-order valence-corrected chi connectivity index (χ3v) is 6.83. The fourth-order valence-electron chi connectivity index (χ4n) is 4.15. The largest absolute Gasteiger partial charge is 0.337 e. The lowest BCUT2D eigenvalue weighted by molar-refractivity contribution is -0.123. The second-order valence-electron chi connectivity index (χ2n) is 9.80. The number of rotatable bonds is 4. The minimum Gasteiger partial charge on any atom is -0.337 e. The Balaban J connectivity index is 1.40. The number of pyridine rings is 1. The van der Waals surface area contributed by atoms with Crippen LogP contribution in [0.2, 0.25) is 0 Å². The van der Waals surface area contributed by atoms with Crippen molar-refractivity contribution in [2.75, 3.05) is 5.32 Å². The van der Waals surface area contributed by atoms with Crippen LogP contribution in [0.15, 0.2) is 71.7 Å². The molecule has 0 aliphatic rings. The van der Waals surface area contributed by atoms with E-state index in [-0.39, 0.29) is 5.91 Å². The summed E-state index contributed by atoms with van der Waals surface area (Å²) in [5.41, 5.74) is 7.86. The lowest BCUT2D eigenvalue weighted by Gasteiger charge is -2.17. The standard InChI is InChI=1S/C28H24N6OS/c1-28(2,3)27(35)30-19-11-18(13-29-14-19)16-7-8-22-21(12-16)25(34-33-22)26-31-23-6-4-5-20(24(23)32-26)17-9-10-36-15-17/h4-15H,1-3H3,(H,30,35)(H,31,32)(H,33,34). The van der Waals surface area contributed by atoms with Crippen molar-refractivity contribution < 1.29 is 4.79 Å². The molecule has 3 N–H and O–H groups in total. The van der Waals surface area contributed by atoms with E-state index in [0.717, 1.165) is 49.9 Å². The molecule has 6 aromatic rings. The average Bonchev–Trinajstić information content (AvgIpc) is 3.62. The quantitative estimate of drug-likeness (QED) is 0.250. The highest BCUT2D eigenvalue weighted by atomic mass is 32.1. The number of carbonyl (C=O) groups is 1. The highest BCUT2D eigenvalue weighted by Gasteiger charge is 2.21. The van der Waals surface area contributed by atoms with Crippen LogP contribution in [0.3, 0.4) is 0 Å². The number of para-hydroxylation sites is 1. The molecule has 0 aliphatic carbocycles. The molecular formula is C28H24N6OS. The molecule has 0 aliphatic heterocycles. The Morgan fingerprint density at radius 3 is 2.67 bits per heavy atom. The van der Waals surface area contributed by atoms with Gasteiger partial charge in [0.1, 0.15) is 5.69 Å². The molecule has 7 nitrogen and oxygen atoms in total. The number of hydrogen-bond donors (Lipinski definition) is 3. The van der Waals surface area contributed by atoms with Crippen LogP contribution in [0.1, 0.15) is 20.8 Å². The van der Waals surface area contributed by atoms with E-state index in [2.05, 4.69) is 54.4 Å². The van der Waals surface area contributed by atoms with Crippen molar-refractivity contribution in [3.05, 3.63) is 71.7 Å². The van der Waals surface area contributed by atoms with Crippen molar-refractivity contribution in [3.63, 3.8) is 0 Å². The van der Waals surface area contributed by atoms with Gasteiger partial charge in [-0.25, -0.2) is 4.98 Å². The summed E-state index contributed by atoms with van der Waals surface area (Å²) in [6, 6.07) is 16.3. The second kappa shape index (κ2) is 8.42. The molecule has 0 fully saturated rings. The van der Waals surface area contributed by atoms with E-state index in [0.29, 0.717) is 11.5 Å². The van der Waals surface area contributed by atoms with Gasteiger partial charge in [0, 0.05) is 28.1 Å². The van der Waals surface area contributed by atoms with Gasteiger partial charge in [-0.1, -0.05) is 39.0 Å². The molecule has 4 heterocycles. The summed E-state index contributed by atoms with van der Waals surface area (Å²) in [4.78, 5) is 25.2. The van der Waals surface area contributed by atoms with Crippen molar-refractivity contribution in [1.29, 1.82) is 0 Å². The van der Waals surface area contributed by atoms with Gasteiger partial charge in [0.2, 0.25) is 5.91 Å². The van der Waals surface area contributed by atoms with Crippen molar-refractivity contribution in [2.24, 2.45) is 5.41 Å². The number of aromatic nitrogens is 5. The monoisotopic (exact) mass is 492 g/mol. The molecule has 178 valence electrons. The maximum atomic E-state index is 12.4. The van der Waals surface area contributed by atoms with Gasteiger partial charge in [-0.15, -0.1) is 0 Å². The van der Waals surface area contributed by atoms with Gasteiger partial charge in [-0.2, -0.15) is 16.4 Å². The van der Waals surface area contributed by atoms with Gasteiger partial charge >= 0.3 is 0 Å². The van der Waals surface area contributed by atoms with E-state index >= 15 is 0 Å². The molecule has 0 saturated carbocycles. The van der Waals surface area contributed by atoms with Gasteiger partial charge < -0.3 is 10.3 Å². The minimum absolute atomic E-state index is 0.0549. The number of nitrogens with one attached hydrogen (secondary N) is 3. The molecule has 0 unspecified atom stereocenters. The summed E-state index contributed by atoms with van der Waals surface area (Å²) in [5, 5.41) is 15.8. The Kier molecular flexibility index (Phi) is 5.19. The molecule has 8 heteroatoms. The minimum atomic E-state index is -0.490. The van der Waals surface area contributed by atoms with Crippen molar-refractivity contribution >= 4 is 44.9 Å². The SMILES string of the molecule is CC(C)(C)C(=O)Nc1cncc(-c2ccc3[nH]nc(-c4nc5c(-c6ccsc6)cccc5[nH]4)c3c2)c1. The van der Waals surface area contributed by atoms with E-state index < -0.39 is 5.41 Å². The zero-order valence-electron chi connectivity index (χ0n) is 20.1. The third-order valence-electron chi connectivity index (χ3n) is 6.14. The fraction of sp³-hybridized carbons (Fsp3) is 0.143. The number of fused-ring (bicyclic) bond motifs is 2.